The molecule has 0 aromatic heterocycles. The first kappa shape index (κ1) is 14.5. The van der Waals surface area contributed by atoms with Crippen LogP contribution in [-0.2, 0) is 16.1 Å². The lowest BCUT2D eigenvalue weighted by Crippen LogP contribution is -2.24. The highest BCUT2D eigenvalue weighted by atomic mass is 16.5. The quantitative estimate of drug-likeness (QED) is 0.866. The molecule has 0 aliphatic carbocycles. The Balaban J connectivity index is 2.01. The number of ketones is 1. The fraction of sp³-hybridized carbons (Fsp3) is 0.375. The molecule has 4 heteroatoms. The van der Waals surface area contributed by atoms with Crippen molar-refractivity contribution in [2.75, 3.05) is 6.61 Å². The van der Waals surface area contributed by atoms with Crippen molar-refractivity contribution in [1.29, 1.82) is 0 Å². The number of aliphatic hydroxyl groups is 1. The van der Waals surface area contributed by atoms with E-state index in [1.165, 1.54) is 0 Å². The Labute approximate surface area is 118 Å². The van der Waals surface area contributed by atoms with Gasteiger partial charge in [-0.3, -0.25) is 9.79 Å². The molecule has 0 radical (unpaired) electrons. The van der Waals surface area contributed by atoms with Crippen molar-refractivity contribution in [1.82, 2.24) is 0 Å². The topological polar surface area (TPSA) is 58.9 Å². The van der Waals surface area contributed by atoms with Gasteiger partial charge in [0.25, 0.3) is 0 Å². The van der Waals surface area contributed by atoms with Gasteiger partial charge in [0.1, 0.15) is 6.61 Å². The molecule has 1 aliphatic heterocycles. The van der Waals surface area contributed by atoms with Gasteiger partial charge in [0.05, 0.1) is 11.6 Å². The zero-order valence-electron chi connectivity index (χ0n) is 11.6. The van der Waals surface area contributed by atoms with E-state index in [-0.39, 0.29) is 18.3 Å². The zero-order chi connectivity index (χ0) is 14.4. The van der Waals surface area contributed by atoms with Crippen LogP contribution in [0, 0.1) is 5.92 Å². The molecule has 1 heterocycles. The van der Waals surface area contributed by atoms with Gasteiger partial charge in [0, 0.05) is 12.8 Å². The molecule has 0 saturated heterocycles. The summed E-state index contributed by atoms with van der Waals surface area (Å²) in [6.07, 6.45) is 2.85. The molecule has 0 spiro atoms. The van der Waals surface area contributed by atoms with Gasteiger partial charge in [-0.1, -0.05) is 30.3 Å². The number of carbonyl (C=O) groups excluding carboxylic acids is 1. The van der Waals surface area contributed by atoms with Gasteiger partial charge in [-0.05, 0) is 25.3 Å². The summed E-state index contributed by atoms with van der Waals surface area (Å²) >= 11 is 0. The lowest BCUT2D eigenvalue weighted by Gasteiger charge is -2.19. The number of benzene rings is 1. The van der Waals surface area contributed by atoms with Gasteiger partial charge in [0.15, 0.2) is 5.76 Å². The highest BCUT2D eigenvalue weighted by Gasteiger charge is 2.26. The Hall–Kier alpha value is -1.94. The molecule has 0 amide bonds. The van der Waals surface area contributed by atoms with Crippen molar-refractivity contribution < 1.29 is 14.6 Å². The Bertz CT molecular complexity index is 520. The maximum absolute atomic E-state index is 12.3. The van der Waals surface area contributed by atoms with Gasteiger partial charge in [-0.2, -0.15) is 0 Å². The summed E-state index contributed by atoms with van der Waals surface area (Å²) in [6, 6.07) is 9.72. The molecule has 1 N–H and O–H groups in total. The van der Waals surface area contributed by atoms with Crippen molar-refractivity contribution in [3.8, 4) is 0 Å². The highest BCUT2D eigenvalue weighted by Crippen LogP contribution is 2.22. The Morgan fingerprint density at radius 3 is 2.75 bits per heavy atom. The van der Waals surface area contributed by atoms with E-state index in [1.807, 2.05) is 30.3 Å². The summed E-state index contributed by atoms with van der Waals surface area (Å²) in [5, 5.41) is 8.85. The van der Waals surface area contributed by atoms with E-state index in [0.29, 0.717) is 30.9 Å². The molecule has 1 aliphatic rings. The molecule has 106 valence electrons. The van der Waals surface area contributed by atoms with E-state index in [4.69, 9.17) is 9.84 Å². The smallest absolute Gasteiger partial charge is 0.207 e. The standard InChI is InChI=1S/C16H19NO3/c1-12-16(20-11-13-6-3-2-4-7-13)15(19)14(10-17-12)8-5-9-18/h2-4,6-7,10,14,18H,5,8-9,11H2,1H3. The van der Waals surface area contributed by atoms with Crippen LogP contribution < -0.4 is 0 Å². The highest BCUT2D eigenvalue weighted by molar-refractivity contribution is 6.06. The van der Waals surface area contributed by atoms with Gasteiger partial charge < -0.3 is 9.84 Å². The lowest BCUT2D eigenvalue weighted by molar-refractivity contribution is -0.121. The van der Waals surface area contributed by atoms with Gasteiger partial charge >= 0.3 is 0 Å². The first-order chi connectivity index (χ1) is 9.72. The molecular formula is C16H19NO3. The number of Topliss-reactive ketones (excluding diaryl/α,β-unsaturated/α-hetero) is 1. The SMILES string of the molecule is CC1=C(OCc2ccccc2)C(=O)C(CCCO)C=N1. The van der Waals surface area contributed by atoms with Crippen molar-refractivity contribution in [2.24, 2.45) is 10.9 Å². The molecule has 0 bridgehead atoms. The molecule has 1 unspecified atom stereocenters. The maximum Gasteiger partial charge on any atom is 0.207 e. The minimum Gasteiger partial charge on any atom is -0.483 e. The molecule has 20 heavy (non-hydrogen) atoms. The van der Waals surface area contributed by atoms with E-state index in [1.54, 1.807) is 13.1 Å². The first-order valence-corrected chi connectivity index (χ1v) is 6.79. The summed E-state index contributed by atoms with van der Waals surface area (Å²) in [6.45, 7) is 2.22. The number of hydrogen-bond donors (Lipinski definition) is 1. The van der Waals surface area contributed by atoms with E-state index >= 15 is 0 Å². The number of ether oxygens (including phenoxy) is 1. The van der Waals surface area contributed by atoms with Crippen molar-refractivity contribution in [3.63, 3.8) is 0 Å². The summed E-state index contributed by atoms with van der Waals surface area (Å²) in [5.74, 6) is 0.0257. The summed E-state index contributed by atoms with van der Waals surface area (Å²) in [4.78, 5) is 16.5. The summed E-state index contributed by atoms with van der Waals surface area (Å²) < 4.78 is 5.66. The van der Waals surface area contributed by atoms with Crippen molar-refractivity contribution >= 4 is 12.0 Å². The van der Waals surface area contributed by atoms with Gasteiger partial charge in [-0.25, -0.2) is 0 Å². The predicted octanol–water partition coefficient (Wildman–Crippen LogP) is 2.48. The number of carbonyl (C=O) groups is 1. The van der Waals surface area contributed by atoms with Crippen LogP contribution in [0.5, 0.6) is 0 Å². The number of hydrogen-bond acceptors (Lipinski definition) is 4. The molecule has 0 fully saturated rings. The van der Waals surface area contributed by atoms with Crippen molar-refractivity contribution in [2.45, 2.75) is 26.4 Å². The Kier molecular flexibility index (Phi) is 5.07. The second kappa shape index (κ2) is 7.01. The number of rotatable bonds is 6. The van der Waals surface area contributed by atoms with Crippen LogP contribution in [0.1, 0.15) is 25.3 Å². The molecule has 1 aromatic rings. The molecule has 0 saturated carbocycles. The maximum atomic E-state index is 12.3. The third-order valence-electron chi connectivity index (χ3n) is 3.24. The number of nitrogens with zero attached hydrogens (tertiary/aromatic N) is 1. The molecule has 1 atom stereocenters. The van der Waals surface area contributed by atoms with Crippen LogP contribution in [0.25, 0.3) is 0 Å². The van der Waals surface area contributed by atoms with E-state index < -0.39 is 0 Å². The van der Waals surface area contributed by atoms with E-state index in [9.17, 15) is 4.79 Å². The van der Waals surface area contributed by atoms with Crippen molar-refractivity contribution in [3.05, 3.63) is 47.4 Å². The van der Waals surface area contributed by atoms with Gasteiger partial charge in [0.2, 0.25) is 5.78 Å². The third kappa shape index (κ3) is 3.54. The average molecular weight is 273 g/mol. The summed E-state index contributed by atoms with van der Waals surface area (Å²) in [7, 11) is 0. The fourth-order valence-corrected chi connectivity index (χ4v) is 2.10. The van der Waals surface area contributed by atoms with Crippen LogP contribution in [0.4, 0.5) is 0 Å². The first-order valence-electron chi connectivity index (χ1n) is 6.79. The molecule has 2 rings (SSSR count). The molecule has 4 nitrogen and oxygen atoms in total. The Morgan fingerprint density at radius 2 is 2.05 bits per heavy atom. The largest absolute Gasteiger partial charge is 0.483 e. The van der Waals surface area contributed by atoms with E-state index in [2.05, 4.69) is 4.99 Å². The second-order valence-electron chi connectivity index (χ2n) is 4.80. The predicted molar refractivity (Wildman–Crippen MR) is 77.2 cm³/mol. The Morgan fingerprint density at radius 1 is 1.30 bits per heavy atom. The third-order valence-corrected chi connectivity index (χ3v) is 3.24. The average Bonchev–Trinajstić information content (AvgIpc) is 2.47. The van der Waals surface area contributed by atoms with Gasteiger partial charge in [-0.15, -0.1) is 0 Å². The van der Waals surface area contributed by atoms with Crippen LogP contribution in [-0.4, -0.2) is 23.7 Å². The molecular weight excluding hydrogens is 254 g/mol. The number of allylic oxidation sites excluding steroid dienone is 2. The minimum atomic E-state index is -0.281. The zero-order valence-corrected chi connectivity index (χ0v) is 11.6. The van der Waals surface area contributed by atoms with Crippen LogP contribution in [0.3, 0.4) is 0 Å². The number of aliphatic hydroxyl groups excluding tert-OH is 1. The monoisotopic (exact) mass is 273 g/mol. The number of aliphatic imine (C=N–C) groups is 1. The second-order valence-corrected chi connectivity index (χ2v) is 4.80. The van der Waals surface area contributed by atoms with Crippen LogP contribution in [0.2, 0.25) is 0 Å². The van der Waals surface area contributed by atoms with Crippen LogP contribution >= 0.6 is 0 Å². The fourth-order valence-electron chi connectivity index (χ4n) is 2.10. The minimum absolute atomic E-state index is 0.0399. The van der Waals surface area contributed by atoms with E-state index in [0.717, 1.165) is 5.56 Å². The molecule has 1 aromatic carbocycles. The van der Waals surface area contributed by atoms with Crippen LogP contribution in [0.15, 0.2) is 46.8 Å². The lowest BCUT2D eigenvalue weighted by atomic mass is 9.95. The normalized spacial score (nSPS) is 18.5. The summed E-state index contributed by atoms with van der Waals surface area (Å²) in [5.41, 5.74) is 1.63.